The zero-order valence-electron chi connectivity index (χ0n) is 10.9. The normalized spacial score (nSPS) is 27.0. The first-order valence-corrected chi connectivity index (χ1v) is 6.94. The standard InChI is InChI=1S/C13H26N2O2/c1-2-17-12-5-7-15(8-6-12)10-13(16,9-14)11-3-4-11/h11-12,16H,2-10,14H2,1H3. The van der Waals surface area contributed by atoms with Crippen LogP contribution >= 0.6 is 0 Å². The van der Waals surface area contributed by atoms with Crippen LogP contribution in [0, 0.1) is 5.92 Å². The van der Waals surface area contributed by atoms with Gasteiger partial charge in [0.25, 0.3) is 0 Å². The summed E-state index contributed by atoms with van der Waals surface area (Å²) >= 11 is 0. The molecule has 4 nitrogen and oxygen atoms in total. The summed E-state index contributed by atoms with van der Waals surface area (Å²) in [5.41, 5.74) is 5.10. The summed E-state index contributed by atoms with van der Waals surface area (Å²) < 4.78 is 5.63. The number of nitrogens with zero attached hydrogens (tertiary/aromatic N) is 1. The molecule has 1 atom stereocenters. The molecule has 1 aliphatic carbocycles. The SMILES string of the molecule is CCOC1CCN(CC(O)(CN)C2CC2)CC1. The van der Waals surface area contributed by atoms with Crippen LogP contribution in [0.3, 0.4) is 0 Å². The van der Waals surface area contributed by atoms with E-state index in [1.807, 2.05) is 6.92 Å². The van der Waals surface area contributed by atoms with E-state index in [9.17, 15) is 5.11 Å². The molecule has 17 heavy (non-hydrogen) atoms. The van der Waals surface area contributed by atoms with E-state index in [-0.39, 0.29) is 0 Å². The highest BCUT2D eigenvalue weighted by Gasteiger charge is 2.44. The molecule has 2 rings (SSSR count). The highest BCUT2D eigenvalue weighted by molar-refractivity contribution is 4.98. The molecule has 1 heterocycles. The molecule has 1 saturated carbocycles. The lowest BCUT2D eigenvalue weighted by atomic mass is 9.95. The summed E-state index contributed by atoms with van der Waals surface area (Å²) in [6.07, 6.45) is 4.87. The summed E-state index contributed by atoms with van der Waals surface area (Å²) in [7, 11) is 0. The smallest absolute Gasteiger partial charge is 0.0923 e. The van der Waals surface area contributed by atoms with Crippen LogP contribution in [0.4, 0.5) is 0 Å². The first kappa shape index (κ1) is 13.3. The molecule has 1 aliphatic heterocycles. The Kier molecular flexibility index (Phi) is 4.42. The quantitative estimate of drug-likeness (QED) is 0.715. The molecule has 1 unspecified atom stereocenters. The molecule has 0 spiro atoms. The summed E-state index contributed by atoms with van der Waals surface area (Å²) in [5, 5.41) is 10.5. The van der Waals surface area contributed by atoms with Gasteiger partial charge in [-0.25, -0.2) is 0 Å². The lowest BCUT2D eigenvalue weighted by molar-refractivity contribution is -0.0357. The van der Waals surface area contributed by atoms with Crippen LogP contribution in [0.25, 0.3) is 0 Å². The van der Waals surface area contributed by atoms with Crippen molar-refractivity contribution in [2.24, 2.45) is 11.7 Å². The summed E-state index contributed by atoms with van der Waals surface area (Å²) in [6.45, 7) is 6.04. The minimum atomic E-state index is -0.640. The Morgan fingerprint density at radius 1 is 1.29 bits per heavy atom. The van der Waals surface area contributed by atoms with Crippen molar-refractivity contribution in [2.45, 2.75) is 44.3 Å². The zero-order chi connectivity index (χ0) is 12.3. The summed E-state index contributed by atoms with van der Waals surface area (Å²) in [4.78, 5) is 2.35. The van der Waals surface area contributed by atoms with E-state index in [1.54, 1.807) is 0 Å². The van der Waals surface area contributed by atoms with Crippen molar-refractivity contribution in [2.75, 3.05) is 32.8 Å². The third-order valence-corrected chi connectivity index (χ3v) is 4.13. The van der Waals surface area contributed by atoms with Crippen molar-refractivity contribution in [1.82, 2.24) is 4.90 Å². The molecule has 0 amide bonds. The molecule has 1 saturated heterocycles. The third-order valence-electron chi connectivity index (χ3n) is 4.13. The lowest BCUT2D eigenvalue weighted by Gasteiger charge is -2.37. The maximum absolute atomic E-state index is 10.5. The van der Waals surface area contributed by atoms with E-state index < -0.39 is 5.60 Å². The predicted octanol–water partition coefficient (Wildman–Crippen LogP) is 0.587. The van der Waals surface area contributed by atoms with Crippen LogP contribution in [-0.4, -0.2) is 54.5 Å². The van der Waals surface area contributed by atoms with E-state index in [0.29, 0.717) is 18.6 Å². The fraction of sp³-hybridized carbons (Fsp3) is 1.00. The average molecular weight is 242 g/mol. The number of piperidine rings is 1. The monoisotopic (exact) mass is 242 g/mol. The van der Waals surface area contributed by atoms with Crippen molar-refractivity contribution >= 4 is 0 Å². The van der Waals surface area contributed by atoms with E-state index in [2.05, 4.69) is 4.90 Å². The lowest BCUT2D eigenvalue weighted by Crippen LogP contribution is -2.52. The van der Waals surface area contributed by atoms with Gasteiger partial charge in [0.05, 0.1) is 11.7 Å². The number of nitrogens with two attached hydrogens (primary N) is 1. The minimum absolute atomic E-state index is 0.392. The largest absolute Gasteiger partial charge is 0.387 e. The van der Waals surface area contributed by atoms with Gasteiger partial charge in [-0.2, -0.15) is 0 Å². The second-order valence-electron chi connectivity index (χ2n) is 5.51. The van der Waals surface area contributed by atoms with Gasteiger partial charge in [-0.15, -0.1) is 0 Å². The number of likely N-dealkylation sites (tertiary alicyclic amines) is 1. The fourth-order valence-corrected chi connectivity index (χ4v) is 2.84. The van der Waals surface area contributed by atoms with Crippen LogP contribution < -0.4 is 5.73 Å². The summed E-state index contributed by atoms with van der Waals surface area (Å²) in [6, 6.07) is 0. The van der Waals surface area contributed by atoms with E-state index in [1.165, 1.54) is 0 Å². The van der Waals surface area contributed by atoms with Crippen molar-refractivity contribution in [3.8, 4) is 0 Å². The molecule has 0 radical (unpaired) electrons. The van der Waals surface area contributed by atoms with Gasteiger partial charge in [0.1, 0.15) is 0 Å². The van der Waals surface area contributed by atoms with Crippen molar-refractivity contribution in [1.29, 1.82) is 0 Å². The van der Waals surface area contributed by atoms with Gasteiger partial charge >= 0.3 is 0 Å². The number of hydrogen-bond acceptors (Lipinski definition) is 4. The van der Waals surface area contributed by atoms with Gasteiger partial charge in [-0.05, 0) is 38.5 Å². The van der Waals surface area contributed by atoms with Crippen LogP contribution in [0.2, 0.25) is 0 Å². The second-order valence-corrected chi connectivity index (χ2v) is 5.51. The average Bonchev–Trinajstić information content (AvgIpc) is 3.16. The van der Waals surface area contributed by atoms with Crippen molar-refractivity contribution in [3.63, 3.8) is 0 Å². The van der Waals surface area contributed by atoms with Crippen LogP contribution in [0.5, 0.6) is 0 Å². The van der Waals surface area contributed by atoms with Gasteiger partial charge in [-0.1, -0.05) is 0 Å². The highest BCUT2D eigenvalue weighted by atomic mass is 16.5. The number of aliphatic hydroxyl groups is 1. The minimum Gasteiger partial charge on any atom is -0.387 e. The molecule has 0 aromatic heterocycles. The number of β-amino-alcohol motifs (C(OH)–C–C–N with tert-alkyl or cyclic N) is 1. The van der Waals surface area contributed by atoms with Gasteiger partial charge in [0.2, 0.25) is 0 Å². The van der Waals surface area contributed by atoms with Crippen molar-refractivity contribution in [3.05, 3.63) is 0 Å². The van der Waals surface area contributed by atoms with Gasteiger partial charge < -0.3 is 20.5 Å². The molecule has 0 aromatic carbocycles. The Hall–Kier alpha value is -0.160. The van der Waals surface area contributed by atoms with Crippen LogP contribution in [0.1, 0.15) is 32.6 Å². The van der Waals surface area contributed by atoms with Gasteiger partial charge in [-0.3, -0.25) is 0 Å². The summed E-state index contributed by atoms with van der Waals surface area (Å²) in [5.74, 6) is 0.442. The number of rotatable bonds is 6. The molecule has 2 aliphatic rings. The molecular weight excluding hydrogens is 216 g/mol. The predicted molar refractivity (Wildman–Crippen MR) is 67.8 cm³/mol. The Labute approximate surface area is 104 Å². The Balaban J connectivity index is 1.76. The first-order chi connectivity index (χ1) is 8.18. The van der Waals surface area contributed by atoms with Gasteiger partial charge in [0, 0.05) is 32.8 Å². The second kappa shape index (κ2) is 5.65. The Morgan fingerprint density at radius 2 is 1.94 bits per heavy atom. The van der Waals surface area contributed by atoms with Crippen molar-refractivity contribution < 1.29 is 9.84 Å². The molecule has 0 aromatic rings. The molecule has 0 bridgehead atoms. The fourth-order valence-electron chi connectivity index (χ4n) is 2.84. The maximum Gasteiger partial charge on any atom is 0.0923 e. The molecular formula is C13H26N2O2. The van der Waals surface area contributed by atoms with Crippen LogP contribution in [0.15, 0.2) is 0 Å². The van der Waals surface area contributed by atoms with E-state index in [4.69, 9.17) is 10.5 Å². The highest BCUT2D eigenvalue weighted by Crippen LogP contribution is 2.39. The Bertz CT molecular complexity index is 238. The number of hydrogen-bond donors (Lipinski definition) is 2. The molecule has 100 valence electrons. The molecule has 4 heteroatoms. The third kappa shape index (κ3) is 3.41. The number of ether oxygens (including phenoxy) is 1. The maximum atomic E-state index is 10.5. The first-order valence-electron chi connectivity index (χ1n) is 6.94. The van der Waals surface area contributed by atoms with Gasteiger partial charge in [0.15, 0.2) is 0 Å². The topological polar surface area (TPSA) is 58.7 Å². The van der Waals surface area contributed by atoms with Crippen LogP contribution in [-0.2, 0) is 4.74 Å². The zero-order valence-corrected chi connectivity index (χ0v) is 10.9. The molecule has 2 fully saturated rings. The van der Waals surface area contributed by atoms with E-state index in [0.717, 1.165) is 51.9 Å². The Morgan fingerprint density at radius 3 is 2.41 bits per heavy atom. The van der Waals surface area contributed by atoms with E-state index >= 15 is 0 Å². The molecule has 3 N–H and O–H groups in total.